The molecule has 0 spiro atoms. The van der Waals surface area contributed by atoms with Crippen molar-refractivity contribution < 1.29 is 14.3 Å². The van der Waals surface area contributed by atoms with Gasteiger partial charge in [-0.1, -0.05) is 72.8 Å². The molecule has 33 heavy (non-hydrogen) atoms. The van der Waals surface area contributed by atoms with Gasteiger partial charge in [0.2, 0.25) is 0 Å². The van der Waals surface area contributed by atoms with Crippen molar-refractivity contribution in [3.8, 4) is 5.75 Å². The molecule has 0 saturated carbocycles. The second-order valence-electron chi connectivity index (χ2n) is 8.08. The number of hydrogen-bond donors (Lipinski definition) is 0. The van der Waals surface area contributed by atoms with Crippen molar-refractivity contribution in [2.24, 2.45) is 0 Å². The van der Waals surface area contributed by atoms with Crippen LogP contribution in [0.1, 0.15) is 11.1 Å². The number of amides is 2. The first kappa shape index (κ1) is 22.4. The number of carbonyl (C=O) groups excluding carboxylic acids is 2. The van der Waals surface area contributed by atoms with Gasteiger partial charge in [-0.25, -0.2) is 0 Å². The van der Waals surface area contributed by atoms with Gasteiger partial charge in [0, 0.05) is 39.3 Å². The number of para-hydroxylation sites is 2. The third-order valence-corrected chi connectivity index (χ3v) is 5.90. The smallest absolute Gasteiger partial charge is 0.312 e. The van der Waals surface area contributed by atoms with E-state index in [1.165, 1.54) is 0 Å². The normalized spacial score (nSPS) is 13.5. The van der Waals surface area contributed by atoms with Crippen molar-refractivity contribution in [2.75, 3.05) is 38.2 Å². The second kappa shape index (κ2) is 10.7. The minimum Gasteiger partial charge on any atom is -0.495 e. The lowest BCUT2D eigenvalue weighted by molar-refractivity contribution is -0.152. The van der Waals surface area contributed by atoms with Crippen LogP contribution in [0.4, 0.5) is 5.69 Å². The van der Waals surface area contributed by atoms with Crippen LogP contribution in [0, 0.1) is 0 Å². The highest BCUT2D eigenvalue weighted by Crippen LogP contribution is 2.28. The number of nitrogens with zero attached hydrogens (tertiary/aromatic N) is 3. The number of methoxy groups -OCH3 is 1. The lowest BCUT2D eigenvalue weighted by Crippen LogP contribution is -2.53. The van der Waals surface area contributed by atoms with Crippen molar-refractivity contribution in [1.82, 2.24) is 9.80 Å². The summed E-state index contributed by atoms with van der Waals surface area (Å²) in [5, 5.41) is 0. The third kappa shape index (κ3) is 5.52. The summed E-state index contributed by atoms with van der Waals surface area (Å²) in [4.78, 5) is 32.0. The molecule has 170 valence electrons. The molecule has 4 rings (SSSR count). The summed E-state index contributed by atoms with van der Waals surface area (Å²) in [7, 11) is 1.66. The van der Waals surface area contributed by atoms with E-state index in [0.29, 0.717) is 39.3 Å². The van der Waals surface area contributed by atoms with Crippen LogP contribution >= 0.6 is 0 Å². The maximum Gasteiger partial charge on any atom is 0.312 e. The molecule has 0 N–H and O–H groups in total. The Kier molecular flexibility index (Phi) is 7.25. The Balaban J connectivity index is 1.44. The van der Waals surface area contributed by atoms with Crippen molar-refractivity contribution in [2.45, 2.75) is 13.1 Å². The van der Waals surface area contributed by atoms with Gasteiger partial charge in [0.1, 0.15) is 5.75 Å². The van der Waals surface area contributed by atoms with Crippen LogP contribution in [0.25, 0.3) is 0 Å². The summed E-state index contributed by atoms with van der Waals surface area (Å²) in [5.74, 6) is -0.0970. The fourth-order valence-electron chi connectivity index (χ4n) is 4.12. The molecule has 0 atom stereocenters. The first-order valence-corrected chi connectivity index (χ1v) is 11.2. The maximum absolute atomic E-state index is 13.3. The number of carbonyl (C=O) groups is 2. The largest absolute Gasteiger partial charge is 0.495 e. The molecule has 6 nitrogen and oxygen atoms in total. The zero-order valence-corrected chi connectivity index (χ0v) is 18.9. The molecule has 2 amide bonds. The Morgan fingerprint density at radius 2 is 1.27 bits per heavy atom. The molecular formula is C27H29N3O3. The highest BCUT2D eigenvalue weighted by molar-refractivity contribution is 6.34. The third-order valence-electron chi connectivity index (χ3n) is 5.90. The zero-order chi connectivity index (χ0) is 23.0. The van der Waals surface area contributed by atoms with E-state index in [1.54, 1.807) is 16.9 Å². The number of benzene rings is 3. The zero-order valence-electron chi connectivity index (χ0n) is 18.9. The van der Waals surface area contributed by atoms with E-state index in [-0.39, 0.29) is 0 Å². The van der Waals surface area contributed by atoms with E-state index < -0.39 is 11.8 Å². The van der Waals surface area contributed by atoms with Gasteiger partial charge in [-0.3, -0.25) is 9.59 Å². The molecule has 3 aromatic rings. The number of rotatable bonds is 6. The van der Waals surface area contributed by atoms with Crippen molar-refractivity contribution in [3.63, 3.8) is 0 Å². The molecule has 1 saturated heterocycles. The summed E-state index contributed by atoms with van der Waals surface area (Å²) in [6.07, 6.45) is 0. The molecule has 0 aliphatic carbocycles. The van der Waals surface area contributed by atoms with Gasteiger partial charge in [0.25, 0.3) is 0 Å². The van der Waals surface area contributed by atoms with Crippen molar-refractivity contribution in [3.05, 3.63) is 96.1 Å². The number of ether oxygens (including phenoxy) is 1. The second-order valence-corrected chi connectivity index (χ2v) is 8.08. The number of anilines is 1. The molecule has 6 heteroatoms. The Morgan fingerprint density at radius 3 is 1.82 bits per heavy atom. The average Bonchev–Trinajstić information content (AvgIpc) is 2.89. The average molecular weight is 444 g/mol. The van der Waals surface area contributed by atoms with Gasteiger partial charge >= 0.3 is 11.8 Å². The Morgan fingerprint density at radius 1 is 0.758 bits per heavy atom. The first-order chi connectivity index (χ1) is 16.2. The van der Waals surface area contributed by atoms with Gasteiger partial charge in [-0.05, 0) is 23.3 Å². The van der Waals surface area contributed by atoms with E-state index in [9.17, 15) is 9.59 Å². The van der Waals surface area contributed by atoms with Gasteiger partial charge < -0.3 is 19.4 Å². The Hall–Kier alpha value is -3.80. The van der Waals surface area contributed by atoms with Crippen LogP contribution in [0.15, 0.2) is 84.9 Å². The first-order valence-electron chi connectivity index (χ1n) is 11.2. The number of piperazine rings is 1. The van der Waals surface area contributed by atoms with Crippen molar-refractivity contribution in [1.29, 1.82) is 0 Å². The lowest BCUT2D eigenvalue weighted by Gasteiger charge is -2.37. The molecule has 1 aliphatic rings. The predicted molar refractivity (Wildman–Crippen MR) is 129 cm³/mol. The fourth-order valence-corrected chi connectivity index (χ4v) is 4.12. The summed E-state index contributed by atoms with van der Waals surface area (Å²) < 4.78 is 5.47. The Bertz CT molecular complexity index is 1020. The minimum atomic E-state index is -0.464. The van der Waals surface area contributed by atoms with Crippen molar-refractivity contribution >= 4 is 17.5 Å². The van der Waals surface area contributed by atoms with Crippen LogP contribution in [0.3, 0.4) is 0 Å². The monoisotopic (exact) mass is 443 g/mol. The van der Waals surface area contributed by atoms with Crippen LogP contribution in [0.5, 0.6) is 5.75 Å². The SMILES string of the molecule is COc1ccccc1N1CCN(C(=O)C(=O)N(Cc2ccccc2)Cc2ccccc2)CC1. The maximum atomic E-state index is 13.3. The Labute approximate surface area is 195 Å². The highest BCUT2D eigenvalue weighted by atomic mass is 16.5. The molecule has 0 radical (unpaired) electrons. The van der Waals surface area contributed by atoms with Crippen LogP contribution < -0.4 is 9.64 Å². The van der Waals surface area contributed by atoms with E-state index in [1.807, 2.05) is 84.9 Å². The summed E-state index contributed by atoms with van der Waals surface area (Å²) in [6.45, 7) is 3.07. The fraction of sp³-hybridized carbons (Fsp3) is 0.259. The minimum absolute atomic E-state index is 0.390. The summed E-state index contributed by atoms with van der Waals surface area (Å²) >= 11 is 0. The topological polar surface area (TPSA) is 53.1 Å². The quantitative estimate of drug-likeness (QED) is 0.547. The standard InChI is InChI=1S/C27H29N3O3/c1-33-25-15-9-8-14-24(25)28-16-18-29(19-17-28)26(31)27(32)30(20-22-10-4-2-5-11-22)21-23-12-6-3-7-13-23/h2-15H,16-21H2,1H3. The van der Waals surface area contributed by atoms with E-state index >= 15 is 0 Å². The lowest BCUT2D eigenvalue weighted by atomic mass is 10.1. The summed E-state index contributed by atoms with van der Waals surface area (Å²) in [6, 6.07) is 27.4. The molecule has 3 aromatic carbocycles. The molecule has 1 aliphatic heterocycles. The highest BCUT2D eigenvalue weighted by Gasteiger charge is 2.30. The predicted octanol–water partition coefficient (Wildman–Crippen LogP) is 3.57. The molecule has 0 bridgehead atoms. The van der Waals surface area contributed by atoms with E-state index in [0.717, 1.165) is 22.6 Å². The molecule has 1 fully saturated rings. The molecular weight excluding hydrogens is 414 g/mol. The van der Waals surface area contributed by atoms with Gasteiger partial charge in [0.05, 0.1) is 12.8 Å². The molecule has 0 unspecified atom stereocenters. The molecule has 1 heterocycles. The van der Waals surface area contributed by atoms with Gasteiger partial charge in [-0.15, -0.1) is 0 Å². The van der Waals surface area contributed by atoms with E-state index in [4.69, 9.17) is 4.74 Å². The number of hydrogen-bond acceptors (Lipinski definition) is 4. The van der Waals surface area contributed by atoms with Gasteiger partial charge in [-0.2, -0.15) is 0 Å². The van der Waals surface area contributed by atoms with Crippen LogP contribution in [-0.2, 0) is 22.7 Å². The van der Waals surface area contributed by atoms with Gasteiger partial charge in [0.15, 0.2) is 0 Å². The summed E-state index contributed by atoms with van der Waals surface area (Å²) in [5.41, 5.74) is 3.00. The van der Waals surface area contributed by atoms with Crippen LogP contribution in [-0.4, -0.2) is 54.9 Å². The van der Waals surface area contributed by atoms with Crippen LogP contribution in [0.2, 0.25) is 0 Å². The van der Waals surface area contributed by atoms with E-state index in [2.05, 4.69) is 4.90 Å². The molecule has 0 aromatic heterocycles.